The molecule has 4 rings (SSSR count). The van der Waals surface area contributed by atoms with Gasteiger partial charge in [0.2, 0.25) is 0 Å². The van der Waals surface area contributed by atoms with Gasteiger partial charge >= 0.3 is 0 Å². The van der Waals surface area contributed by atoms with Crippen molar-refractivity contribution in [3.63, 3.8) is 0 Å². The Bertz CT molecular complexity index is 1340. The van der Waals surface area contributed by atoms with Crippen molar-refractivity contribution >= 4 is 23.1 Å². The number of amides is 1. The smallest absolute Gasteiger partial charge is 0.300 e. The third-order valence-electron chi connectivity index (χ3n) is 7.00. The molecule has 0 aromatic heterocycles. The van der Waals surface area contributed by atoms with Crippen molar-refractivity contribution in [2.24, 2.45) is 0 Å². The van der Waals surface area contributed by atoms with Gasteiger partial charge in [0, 0.05) is 11.8 Å². The van der Waals surface area contributed by atoms with E-state index < -0.39 is 17.7 Å². The molecule has 1 unspecified atom stereocenters. The number of Topliss-reactive ketones (excluding diaryl/α,β-unsaturated/α-hetero) is 1. The van der Waals surface area contributed by atoms with Crippen LogP contribution in [0.25, 0.3) is 5.76 Å². The van der Waals surface area contributed by atoms with Crippen molar-refractivity contribution in [1.29, 1.82) is 0 Å². The lowest BCUT2D eigenvalue weighted by Gasteiger charge is -2.26. The van der Waals surface area contributed by atoms with E-state index in [1.807, 2.05) is 62.4 Å². The fraction of sp³-hybridized carbons (Fsp3) is 0.333. The van der Waals surface area contributed by atoms with Crippen LogP contribution in [-0.2, 0) is 22.4 Å². The number of aliphatic hydroxyl groups is 1. The molecule has 0 saturated carbocycles. The average molecular weight is 528 g/mol. The predicted octanol–water partition coefficient (Wildman–Crippen LogP) is 7.02. The molecule has 0 radical (unpaired) electrons. The first-order valence-electron chi connectivity index (χ1n) is 13.8. The number of ether oxygens (including phenoxy) is 2. The van der Waals surface area contributed by atoms with Crippen molar-refractivity contribution in [3.05, 3.63) is 94.6 Å². The van der Waals surface area contributed by atoms with Crippen LogP contribution in [-0.4, -0.2) is 30.0 Å². The summed E-state index contributed by atoms with van der Waals surface area (Å²) in [7, 11) is 0. The maximum absolute atomic E-state index is 13.6. The van der Waals surface area contributed by atoms with Gasteiger partial charge < -0.3 is 14.6 Å². The molecule has 39 heavy (non-hydrogen) atoms. The van der Waals surface area contributed by atoms with Gasteiger partial charge in [-0.2, -0.15) is 0 Å². The first-order chi connectivity index (χ1) is 18.9. The van der Waals surface area contributed by atoms with E-state index in [2.05, 4.69) is 13.8 Å². The molecule has 0 spiro atoms. The van der Waals surface area contributed by atoms with Gasteiger partial charge in [0.15, 0.2) is 0 Å². The van der Waals surface area contributed by atoms with Crippen LogP contribution in [0.3, 0.4) is 0 Å². The molecule has 1 heterocycles. The van der Waals surface area contributed by atoms with Gasteiger partial charge in [-0.25, -0.2) is 0 Å². The van der Waals surface area contributed by atoms with Gasteiger partial charge in [0.25, 0.3) is 11.7 Å². The van der Waals surface area contributed by atoms with Crippen molar-refractivity contribution in [1.82, 2.24) is 0 Å². The van der Waals surface area contributed by atoms with Crippen molar-refractivity contribution in [2.75, 3.05) is 18.1 Å². The SMILES string of the molecule is CCCCc1ccc(N2C(=O)C(=O)/C(=C(\O)c3ccc(OCC)cc3OCC)C2c2ccc(CC)cc2)cc1. The number of rotatable bonds is 11. The van der Waals surface area contributed by atoms with E-state index in [1.165, 1.54) is 10.5 Å². The highest BCUT2D eigenvalue weighted by atomic mass is 16.5. The number of benzene rings is 3. The molecule has 0 bridgehead atoms. The van der Waals surface area contributed by atoms with Crippen LogP contribution < -0.4 is 14.4 Å². The van der Waals surface area contributed by atoms with Crippen LogP contribution in [0, 0.1) is 0 Å². The van der Waals surface area contributed by atoms with Gasteiger partial charge in [-0.1, -0.05) is 56.7 Å². The van der Waals surface area contributed by atoms with E-state index in [4.69, 9.17) is 9.47 Å². The van der Waals surface area contributed by atoms with Crippen LogP contribution in [0.4, 0.5) is 5.69 Å². The molecule has 0 aliphatic carbocycles. The van der Waals surface area contributed by atoms with Crippen LogP contribution in [0.2, 0.25) is 0 Å². The Morgan fingerprint density at radius 2 is 1.51 bits per heavy atom. The number of aliphatic hydroxyl groups excluding tert-OH is 1. The molecule has 1 atom stereocenters. The van der Waals surface area contributed by atoms with Crippen molar-refractivity contribution in [2.45, 2.75) is 59.4 Å². The number of hydrogen-bond acceptors (Lipinski definition) is 5. The van der Waals surface area contributed by atoms with E-state index in [-0.39, 0.29) is 11.3 Å². The van der Waals surface area contributed by atoms with E-state index >= 15 is 0 Å². The monoisotopic (exact) mass is 527 g/mol. The Balaban J connectivity index is 1.87. The van der Waals surface area contributed by atoms with Gasteiger partial charge in [0.1, 0.15) is 17.3 Å². The largest absolute Gasteiger partial charge is 0.507 e. The Labute approximate surface area is 230 Å². The second kappa shape index (κ2) is 12.7. The lowest BCUT2D eigenvalue weighted by Crippen LogP contribution is -2.29. The molecule has 3 aromatic carbocycles. The maximum Gasteiger partial charge on any atom is 0.300 e. The number of aryl methyl sites for hydroxylation is 2. The number of carbonyl (C=O) groups excluding carboxylic acids is 2. The minimum absolute atomic E-state index is 0.0319. The van der Waals surface area contributed by atoms with Crippen LogP contribution in [0.1, 0.15) is 68.8 Å². The molecule has 1 aliphatic heterocycles. The lowest BCUT2D eigenvalue weighted by molar-refractivity contribution is -0.132. The molecule has 6 heteroatoms. The molecule has 1 amide bonds. The second-order valence-electron chi connectivity index (χ2n) is 9.56. The zero-order valence-electron chi connectivity index (χ0n) is 23.2. The van der Waals surface area contributed by atoms with Crippen molar-refractivity contribution < 1.29 is 24.2 Å². The third-order valence-corrected chi connectivity index (χ3v) is 7.00. The molecule has 3 aromatic rings. The van der Waals surface area contributed by atoms with E-state index in [9.17, 15) is 14.7 Å². The van der Waals surface area contributed by atoms with Gasteiger partial charge in [-0.15, -0.1) is 0 Å². The van der Waals surface area contributed by atoms with Crippen LogP contribution in [0.15, 0.2) is 72.3 Å². The molecule has 1 fully saturated rings. The summed E-state index contributed by atoms with van der Waals surface area (Å²) in [6.07, 6.45) is 4.00. The lowest BCUT2D eigenvalue weighted by atomic mass is 9.94. The summed E-state index contributed by atoms with van der Waals surface area (Å²) < 4.78 is 11.4. The molecule has 1 saturated heterocycles. The Morgan fingerprint density at radius 1 is 0.846 bits per heavy atom. The fourth-order valence-electron chi connectivity index (χ4n) is 4.93. The standard InChI is InChI=1S/C33H37NO5/c1-5-9-10-23-13-17-25(18-14-23)34-30(24-15-11-22(6-2)12-16-24)29(32(36)33(34)37)31(35)27-20-19-26(38-7-3)21-28(27)39-8-4/h11-21,30,35H,5-10H2,1-4H3/b31-29-. The van der Waals surface area contributed by atoms with Crippen molar-refractivity contribution in [3.8, 4) is 11.5 Å². The second-order valence-corrected chi connectivity index (χ2v) is 9.56. The molecule has 6 nitrogen and oxygen atoms in total. The molecule has 1 N–H and O–H groups in total. The number of nitrogens with zero attached hydrogens (tertiary/aromatic N) is 1. The summed E-state index contributed by atoms with van der Waals surface area (Å²) >= 11 is 0. The van der Waals surface area contributed by atoms with E-state index in [1.54, 1.807) is 18.2 Å². The number of anilines is 1. The minimum Gasteiger partial charge on any atom is -0.507 e. The summed E-state index contributed by atoms with van der Waals surface area (Å²) in [5.74, 6) is -0.707. The zero-order chi connectivity index (χ0) is 27.9. The van der Waals surface area contributed by atoms with Gasteiger partial charge in [-0.05, 0) is 74.1 Å². The number of unbranched alkanes of at least 4 members (excludes halogenated alkanes) is 1. The third kappa shape index (κ3) is 5.85. The summed E-state index contributed by atoms with van der Waals surface area (Å²) in [6.45, 7) is 8.79. The topological polar surface area (TPSA) is 76.1 Å². The minimum atomic E-state index is -0.793. The molecule has 204 valence electrons. The van der Waals surface area contributed by atoms with E-state index in [0.717, 1.165) is 36.8 Å². The summed E-state index contributed by atoms with van der Waals surface area (Å²) in [5.41, 5.74) is 4.04. The first kappa shape index (κ1) is 28.0. The molecule has 1 aliphatic rings. The number of hydrogen-bond donors (Lipinski definition) is 1. The summed E-state index contributed by atoms with van der Waals surface area (Å²) in [4.78, 5) is 28.6. The molecular formula is C33H37NO5. The highest BCUT2D eigenvalue weighted by Gasteiger charge is 2.47. The van der Waals surface area contributed by atoms with Gasteiger partial charge in [-0.3, -0.25) is 14.5 Å². The Hall–Kier alpha value is -4.06. The van der Waals surface area contributed by atoms with E-state index in [0.29, 0.717) is 36.0 Å². The van der Waals surface area contributed by atoms with Gasteiger partial charge in [0.05, 0.1) is 30.4 Å². The predicted molar refractivity (Wildman–Crippen MR) is 154 cm³/mol. The number of carbonyl (C=O) groups is 2. The first-order valence-corrected chi connectivity index (χ1v) is 13.8. The normalized spacial score (nSPS) is 16.5. The maximum atomic E-state index is 13.6. The molecular weight excluding hydrogens is 490 g/mol. The zero-order valence-corrected chi connectivity index (χ0v) is 23.2. The fourth-order valence-corrected chi connectivity index (χ4v) is 4.93. The average Bonchev–Trinajstić information content (AvgIpc) is 3.22. The Morgan fingerprint density at radius 3 is 2.13 bits per heavy atom. The highest BCUT2D eigenvalue weighted by molar-refractivity contribution is 6.51. The van der Waals surface area contributed by atoms with Crippen LogP contribution in [0.5, 0.6) is 11.5 Å². The Kier molecular flexibility index (Phi) is 9.07. The summed E-state index contributed by atoms with van der Waals surface area (Å²) in [6, 6.07) is 19.9. The number of ketones is 1. The summed E-state index contributed by atoms with van der Waals surface area (Å²) in [5, 5.41) is 11.6. The quantitative estimate of drug-likeness (QED) is 0.165. The van der Waals surface area contributed by atoms with Crippen LogP contribution >= 0.6 is 0 Å². The highest BCUT2D eigenvalue weighted by Crippen LogP contribution is 2.44.